The maximum Gasteiger partial charge on any atom is 0.453 e. The van der Waals surface area contributed by atoms with Crippen molar-refractivity contribution in [2.45, 2.75) is 25.1 Å². The minimum absolute atomic E-state index is 0.0911. The molecular formula is C19H18F5N3O. The van der Waals surface area contributed by atoms with Crippen molar-refractivity contribution >= 4 is 11.4 Å². The van der Waals surface area contributed by atoms with E-state index in [1.807, 2.05) is 19.0 Å². The molecule has 9 heteroatoms. The Morgan fingerprint density at radius 1 is 1.04 bits per heavy atom. The molecule has 2 N–H and O–H groups in total. The number of ether oxygens (including phenoxy) is 1. The molecule has 0 saturated heterocycles. The van der Waals surface area contributed by atoms with Crippen molar-refractivity contribution < 1.29 is 26.7 Å². The van der Waals surface area contributed by atoms with Gasteiger partial charge >= 0.3 is 12.1 Å². The van der Waals surface area contributed by atoms with Gasteiger partial charge in [0.15, 0.2) is 5.69 Å². The van der Waals surface area contributed by atoms with E-state index < -0.39 is 29.8 Å². The van der Waals surface area contributed by atoms with E-state index in [2.05, 4.69) is 4.85 Å². The van der Waals surface area contributed by atoms with Gasteiger partial charge in [-0.1, -0.05) is 24.3 Å². The molecule has 2 rings (SSSR count). The molecule has 28 heavy (non-hydrogen) atoms. The molecule has 0 aromatic heterocycles. The zero-order valence-electron chi connectivity index (χ0n) is 15.1. The average molecular weight is 394 g/mol. The van der Waals surface area contributed by atoms with Crippen molar-refractivity contribution in [3.63, 3.8) is 0 Å². The number of benzene rings is 2. The molecule has 0 heterocycles. The van der Waals surface area contributed by atoms with Crippen molar-refractivity contribution in [3.05, 3.63) is 58.9 Å². The lowest BCUT2D eigenvalue weighted by atomic mass is 10.0. The second kappa shape index (κ2) is 8.02. The van der Waals surface area contributed by atoms with Crippen LogP contribution in [0.2, 0.25) is 0 Å². The fraction of sp³-hybridized carbons (Fsp3) is 0.316. The highest BCUT2D eigenvalue weighted by Gasteiger charge is 2.57. The molecule has 0 spiro atoms. The Hall–Kier alpha value is -2.86. The summed E-state index contributed by atoms with van der Waals surface area (Å²) in [5, 5.41) is 0. The fourth-order valence-corrected chi connectivity index (χ4v) is 2.53. The summed E-state index contributed by atoms with van der Waals surface area (Å²) in [5.74, 6) is -4.74. The van der Waals surface area contributed by atoms with Gasteiger partial charge in [-0.05, 0) is 31.8 Å². The molecule has 0 unspecified atom stereocenters. The summed E-state index contributed by atoms with van der Waals surface area (Å²) in [7, 11) is 3.68. The molecule has 2 aromatic rings. The van der Waals surface area contributed by atoms with Crippen LogP contribution in [0, 0.1) is 6.57 Å². The summed E-state index contributed by atoms with van der Waals surface area (Å²) in [5.41, 5.74) is 5.20. The Balaban J connectivity index is 2.46. The molecule has 0 saturated carbocycles. The van der Waals surface area contributed by atoms with Gasteiger partial charge in [-0.2, -0.15) is 22.0 Å². The maximum atomic E-state index is 13.5. The molecule has 4 nitrogen and oxygen atoms in total. The lowest BCUT2D eigenvalue weighted by Gasteiger charge is -2.22. The number of nitrogens with zero attached hydrogens (tertiary/aromatic N) is 2. The van der Waals surface area contributed by atoms with E-state index in [9.17, 15) is 22.0 Å². The maximum absolute atomic E-state index is 13.5. The van der Waals surface area contributed by atoms with Crippen LogP contribution in [0.15, 0.2) is 36.4 Å². The number of alkyl halides is 5. The van der Waals surface area contributed by atoms with Gasteiger partial charge in [0.1, 0.15) is 11.5 Å². The van der Waals surface area contributed by atoms with E-state index in [-0.39, 0.29) is 11.4 Å². The summed E-state index contributed by atoms with van der Waals surface area (Å²) in [4.78, 5) is 4.89. The molecule has 0 bridgehead atoms. The Morgan fingerprint density at radius 3 is 2.25 bits per heavy atom. The number of nitrogens with two attached hydrogens (primary N) is 1. The quantitative estimate of drug-likeness (QED) is 0.405. The molecule has 0 radical (unpaired) electrons. The van der Waals surface area contributed by atoms with Crippen LogP contribution in [0.5, 0.6) is 11.5 Å². The van der Waals surface area contributed by atoms with Gasteiger partial charge in [0.25, 0.3) is 0 Å². The van der Waals surface area contributed by atoms with E-state index in [0.29, 0.717) is 12.3 Å². The minimum atomic E-state index is -5.76. The van der Waals surface area contributed by atoms with Crippen LogP contribution >= 0.6 is 0 Å². The summed E-state index contributed by atoms with van der Waals surface area (Å²) in [6, 6.07) is 9.30. The zero-order valence-corrected chi connectivity index (χ0v) is 15.1. The first-order valence-corrected chi connectivity index (χ1v) is 8.10. The number of halogens is 5. The van der Waals surface area contributed by atoms with Crippen LogP contribution in [-0.2, 0) is 13.0 Å². The molecule has 0 amide bonds. The third-order valence-corrected chi connectivity index (χ3v) is 3.91. The van der Waals surface area contributed by atoms with Crippen LogP contribution in [-0.4, -0.2) is 31.1 Å². The standard InChI is InChI=1S/C19H18F5N3O/c1-26-14-8-9-16(17(25)13(14)10-18(20,21)19(22,23)24)28-15-7-5-4-6-12(15)11-27(2)3/h4-9H,10-11,25H2,2-3H3/i20-1,21-1,22-1,23-1,24-1. The second-order valence-corrected chi connectivity index (χ2v) is 6.41. The van der Waals surface area contributed by atoms with Crippen LogP contribution in [0.25, 0.3) is 4.85 Å². The molecule has 0 fully saturated rings. The number of nitrogen functional groups attached to an aromatic ring is 1. The van der Waals surface area contributed by atoms with Gasteiger partial charge < -0.3 is 15.4 Å². The van der Waals surface area contributed by atoms with E-state index in [1.165, 1.54) is 6.07 Å². The highest BCUT2D eigenvalue weighted by Crippen LogP contribution is 2.44. The first kappa shape index (κ1) is 21.4. The molecule has 0 aliphatic heterocycles. The smallest absolute Gasteiger partial charge is 0.453 e. The van der Waals surface area contributed by atoms with Crippen molar-refractivity contribution in [2.24, 2.45) is 0 Å². The summed E-state index contributed by atoms with van der Waals surface area (Å²) in [6.07, 6.45) is -7.50. The Morgan fingerprint density at radius 2 is 1.68 bits per heavy atom. The van der Waals surface area contributed by atoms with E-state index in [4.69, 9.17) is 17.0 Å². The number of hydrogen-bond donors (Lipinski definition) is 1. The topological polar surface area (TPSA) is 42.8 Å². The molecule has 2 aromatic carbocycles. The number of para-hydroxylation sites is 1. The van der Waals surface area contributed by atoms with Gasteiger partial charge in [0.2, 0.25) is 0 Å². The van der Waals surface area contributed by atoms with Gasteiger partial charge in [-0.3, -0.25) is 0 Å². The number of rotatable bonds is 6. The van der Waals surface area contributed by atoms with Crippen molar-refractivity contribution in [1.82, 2.24) is 4.90 Å². The van der Waals surface area contributed by atoms with Crippen molar-refractivity contribution in [3.8, 4) is 11.5 Å². The first-order chi connectivity index (χ1) is 13.0. The van der Waals surface area contributed by atoms with Crippen LogP contribution in [0.3, 0.4) is 0 Å². The van der Waals surface area contributed by atoms with Gasteiger partial charge in [0, 0.05) is 18.5 Å². The third kappa shape index (κ3) is 4.70. The Kier molecular flexibility index (Phi) is 6.14. The van der Waals surface area contributed by atoms with Crippen molar-refractivity contribution in [2.75, 3.05) is 19.8 Å². The molecule has 150 valence electrons. The summed E-state index contributed by atoms with van der Waals surface area (Å²) < 4.78 is 70.6. The number of hydrogen-bond acceptors (Lipinski definition) is 3. The van der Waals surface area contributed by atoms with Gasteiger partial charge in [0.05, 0.1) is 12.3 Å². The SMILES string of the molecule is [C-]#[N+]c1ccc(Oc2ccccc2CN(C)C)c(N)c1CC([18F])([18F])C([18F])([18F])[18F]. The summed E-state index contributed by atoms with van der Waals surface area (Å²) in [6.45, 7) is 7.55. The lowest BCUT2D eigenvalue weighted by Crippen LogP contribution is -2.38. The largest absolute Gasteiger partial charge is 0.455 e. The zero-order chi connectivity index (χ0) is 21.1. The van der Waals surface area contributed by atoms with E-state index in [0.717, 1.165) is 11.6 Å². The molecule has 0 aliphatic rings. The van der Waals surface area contributed by atoms with Crippen LogP contribution in [0.1, 0.15) is 11.1 Å². The first-order valence-electron chi connectivity index (χ1n) is 8.10. The highest BCUT2D eigenvalue weighted by molar-refractivity contribution is 5.71. The van der Waals surface area contributed by atoms with E-state index in [1.54, 1.807) is 24.3 Å². The second-order valence-electron chi connectivity index (χ2n) is 6.41. The van der Waals surface area contributed by atoms with Crippen LogP contribution < -0.4 is 10.5 Å². The Bertz CT molecular complexity index is 888. The average Bonchev–Trinajstić information content (AvgIpc) is 2.58. The number of anilines is 1. The minimum Gasteiger partial charge on any atom is -0.455 e. The van der Waals surface area contributed by atoms with Crippen LogP contribution in [0.4, 0.5) is 33.3 Å². The highest BCUT2D eigenvalue weighted by atomic mass is 18.5. The lowest BCUT2D eigenvalue weighted by molar-refractivity contribution is -0.281. The van der Waals surface area contributed by atoms with E-state index >= 15 is 0 Å². The van der Waals surface area contributed by atoms with Gasteiger partial charge in [-0.25, -0.2) is 4.85 Å². The normalized spacial score (nSPS) is 12.1. The molecule has 0 aliphatic carbocycles. The van der Waals surface area contributed by atoms with Gasteiger partial charge in [-0.15, -0.1) is 0 Å². The summed E-state index contributed by atoms with van der Waals surface area (Å²) >= 11 is 0. The molecule has 0 atom stereocenters. The Labute approximate surface area is 159 Å². The molecular weight excluding hydrogens is 376 g/mol. The predicted molar refractivity (Wildman–Crippen MR) is 95.7 cm³/mol. The third-order valence-electron chi connectivity index (χ3n) is 3.91. The fourth-order valence-electron chi connectivity index (χ4n) is 2.53. The predicted octanol–water partition coefficient (Wildman–Crippen LogP) is 5.41. The monoisotopic (exact) mass is 394 g/mol. The van der Waals surface area contributed by atoms with Crippen molar-refractivity contribution in [1.29, 1.82) is 0 Å².